The molecule has 0 aliphatic rings. The van der Waals surface area contributed by atoms with Gasteiger partial charge in [-0.2, -0.15) is 0 Å². The van der Waals surface area contributed by atoms with Crippen LogP contribution in [-0.2, 0) is 6.54 Å². The summed E-state index contributed by atoms with van der Waals surface area (Å²) in [7, 11) is 0. The van der Waals surface area contributed by atoms with Gasteiger partial charge in [0.25, 0.3) is 0 Å². The Balaban J connectivity index is 1.81. The molecule has 0 bridgehead atoms. The van der Waals surface area contributed by atoms with E-state index in [2.05, 4.69) is 32.4 Å². The number of anilines is 1. The predicted octanol–water partition coefficient (Wildman–Crippen LogP) is 2.52. The molecule has 96 valence electrons. The van der Waals surface area contributed by atoms with Gasteiger partial charge in [0.2, 0.25) is 0 Å². The fourth-order valence-corrected chi connectivity index (χ4v) is 2.00. The number of hydrogen-bond donors (Lipinski definition) is 2. The van der Waals surface area contributed by atoms with E-state index in [0.29, 0.717) is 6.54 Å². The quantitative estimate of drug-likeness (QED) is 0.751. The lowest BCUT2D eigenvalue weighted by Crippen LogP contribution is -2.03. The third-order valence-corrected chi connectivity index (χ3v) is 2.91. The largest absolute Gasteiger partial charge is 0.378 e. The van der Waals surface area contributed by atoms with Crippen molar-refractivity contribution >= 4 is 5.69 Å². The molecule has 3 aromatic rings. The van der Waals surface area contributed by atoms with Gasteiger partial charge >= 0.3 is 0 Å². The lowest BCUT2D eigenvalue weighted by atomic mass is 10.2. The van der Waals surface area contributed by atoms with Crippen molar-refractivity contribution in [3.63, 3.8) is 0 Å². The lowest BCUT2D eigenvalue weighted by molar-refractivity contribution is 1.02. The van der Waals surface area contributed by atoms with Gasteiger partial charge in [0.15, 0.2) is 0 Å². The van der Waals surface area contributed by atoms with E-state index in [-0.39, 0.29) is 0 Å². The van der Waals surface area contributed by atoms with Gasteiger partial charge in [-0.15, -0.1) is 0 Å². The number of benzene rings is 1. The molecule has 5 nitrogen and oxygen atoms in total. The standard InChI is InChI=1S/C14H15N5/c1-11-16-8-12(18-11)9-17-13-4-2-3-5-14(13)19-7-6-15-10-19/h2-8,10,17H,9H2,1H3,(H,16,18). The van der Waals surface area contributed by atoms with Gasteiger partial charge in [-0.3, -0.25) is 0 Å². The lowest BCUT2D eigenvalue weighted by Gasteiger charge is -2.11. The molecule has 2 N–H and O–H groups in total. The number of nitrogens with one attached hydrogen (secondary N) is 2. The van der Waals surface area contributed by atoms with Crippen molar-refractivity contribution in [1.29, 1.82) is 0 Å². The van der Waals surface area contributed by atoms with Crippen LogP contribution in [0.4, 0.5) is 5.69 Å². The zero-order valence-corrected chi connectivity index (χ0v) is 10.7. The molecule has 2 aromatic heterocycles. The molecule has 3 rings (SSSR count). The first-order valence-electron chi connectivity index (χ1n) is 6.14. The Morgan fingerprint density at radius 3 is 2.95 bits per heavy atom. The van der Waals surface area contributed by atoms with E-state index in [4.69, 9.17) is 0 Å². The van der Waals surface area contributed by atoms with Gasteiger partial charge in [0, 0.05) is 12.4 Å². The minimum Gasteiger partial charge on any atom is -0.378 e. The zero-order chi connectivity index (χ0) is 13.1. The highest BCUT2D eigenvalue weighted by molar-refractivity contribution is 5.60. The summed E-state index contributed by atoms with van der Waals surface area (Å²) >= 11 is 0. The highest BCUT2D eigenvalue weighted by Crippen LogP contribution is 2.20. The van der Waals surface area contributed by atoms with Crippen molar-refractivity contribution in [2.45, 2.75) is 13.5 Å². The average molecular weight is 253 g/mol. The summed E-state index contributed by atoms with van der Waals surface area (Å²) in [6.45, 7) is 2.66. The molecular weight excluding hydrogens is 238 g/mol. The van der Waals surface area contributed by atoms with Crippen molar-refractivity contribution in [1.82, 2.24) is 19.5 Å². The van der Waals surface area contributed by atoms with Crippen LogP contribution in [0.3, 0.4) is 0 Å². The first kappa shape index (κ1) is 11.5. The normalized spacial score (nSPS) is 10.6. The number of H-pyrrole nitrogens is 1. The fourth-order valence-electron chi connectivity index (χ4n) is 2.00. The molecule has 5 heteroatoms. The van der Waals surface area contributed by atoms with Crippen LogP contribution < -0.4 is 5.32 Å². The summed E-state index contributed by atoms with van der Waals surface area (Å²) in [6.07, 6.45) is 7.35. The fraction of sp³-hybridized carbons (Fsp3) is 0.143. The van der Waals surface area contributed by atoms with Gasteiger partial charge < -0.3 is 14.9 Å². The van der Waals surface area contributed by atoms with Gasteiger partial charge in [-0.1, -0.05) is 12.1 Å². The monoisotopic (exact) mass is 253 g/mol. The molecule has 0 saturated heterocycles. The van der Waals surface area contributed by atoms with Crippen LogP contribution in [0.1, 0.15) is 11.5 Å². The maximum Gasteiger partial charge on any atom is 0.103 e. The number of aromatic amines is 1. The molecule has 0 spiro atoms. The number of rotatable bonds is 4. The summed E-state index contributed by atoms with van der Waals surface area (Å²) in [4.78, 5) is 11.5. The number of imidazole rings is 2. The Morgan fingerprint density at radius 1 is 1.32 bits per heavy atom. The Morgan fingerprint density at radius 2 is 2.21 bits per heavy atom. The van der Waals surface area contributed by atoms with Crippen molar-refractivity contribution in [2.75, 3.05) is 5.32 Å². The van der Waals surface area contributed by atoms with Crippen molar-refractivity contribution in [3.05, 3.63) is 60.7 Å². The summed E-state index contributed by atoms with van der Waals surface area (Å²) in [5.74, 6) is 0.930. The van der Waals surface area contributed by atoms with Gasteiger partial charge in [0.1, 0.15) is 5.82 Å². The first-order valence-corrected chi connectivity index (χ1v) is 6.14. The van der Waals surface area contributed by atoms with Gasteiger partial charge in [0.05, 0.1) is 36.1 Å². The Labute approximate surface area is 111 Å². The molecule has 0 radical (unpaired) electrons. The second-order valence-electron chi connectivity index (χ2n) is 4.33. The highest BCUT2D eigenvalue weighted by Gasteiger charge is 2.03. The molecule has 1 aromatic carbocycles. The van der Waals surface area contributed by atoms with E-state index in [9.17, 15) is 0 Å². The van der Waals surface area contributed by atoms with E-state index in [1.54, 1.807) is 12.5 Å². The second-order valence-corrected chi connectivity index (χ2v) is 4.33. The van der Waals surface area contributed by atoms with Crippen LogP contribution in [0.5, 0.6) is 0 Å². The number of hydrogen-bond acceptors (Lipinski definition) is 3. The maximum absolute atomic E-state index is 4.19. The number of nitrogens with zero attached hydrogens (tertiary/aromatic N) is 3. The molecule has 0 amide bonds. The summed E-state index contributed by atoms with van der Waals surface area (Å²) in [5.41, 5.74) is 3.21. The molecule has 0 aliphatic carbocycles. The number of aryl methyl sites for hydroxylation is 1. The Kier molecular flexibility index (Phi) is 3.02. The van der Waals surface area contributed by atoms with E-state index < -0.39 is 0 Å². The van der Waals surface area contributed by atoms with E-state index in [1.807, 2.05) is 36.0 Å². The van der Waals surface area contributed by atoms with E-state index in [1.165, 1.54) is 0 Å². The van der Waals surface area contributed by atoms with Crippen molar-refractivity contribution < 1.29 is 0 Å². The van der Waals surface area contributed by atoms with Gasteiger partial charge in [-0.05, 0) is 19.1 Å². The van der Waals surface area contributed by atoms with Crippen LogP contribution in [0.15, 0.2) is 49.2 Å². The predicted molar refractivity (Wildman–Crippen MR) is 74.2 cm³/mol. The topological polar surface area (TPSA) is 58.5 Å². The molecule has 19 heavy (non-hydrogen) atoms. The first-order chi connectivity index (χ1) is 9.33. The summed E-state index contributed by atoms with van der Waals surface area (Å²) < 4.78 is 1.99. The molecule has 0 unspecified atom stereocenters. The molecular formula is C14H15N5. The molecule has 2 heterocycles. The van der Waals surface area contributed by atoms with E-state index in [0.717, 1.165) is 22.9 Å². The SMILES string of the molecule is Cc1ncc(CNc2ccccc2-n2ccnc2)[nH]1. The Hall–Kier alpha value is -2.56. The zero-order valence-electron chi connectivity index (χ0n) is 10.7. The van der Waals surface area contributed by atoms with Crippen molar-refractivity contribution in [3.8, 4) is 5.69 Å². The minimum atomic E-state index is 0.715. The molecule has 0 fully saturated rings. The third-order valence-electron chi connectivity index (χ3n) is 2.91. The average Bonchev–Trinajstić information content (AvgIpc) is 3.08. The van der Waals surface area contributed by atoms with Crippen molar-refractivity contribution in [2.24, 2.45) is 0 Å². The maximum atomic E-state index is 4.19. The smallest absolute Gasteiger partial charge is 0.103 e. The van der Waals surface area contributed by atoms with Crippen LogP contribution in [0.2, 0.25) is 0 Å². The number of aromatic nitrogens is 4. The van der Waals surface area contributed by atoms with Gasteiger partial charge in [-0.25, -0.2) is 9.97 Å². The molecule has 0 saturated carbocycles. The minimum absolute atomic E-state index is 0.715. The van der Waals surface area contributed by atoms with Crippen LogP contribution in [0, 0.1) is 6.92 Å². The molecule has 0 aliphatic heterocycles. The molecule has 0 atom stereocenters. The third kappa shape index (κ3) is 2.49. The summed E-state index contributed by atoms with van der Waals surface area (Å²) in [6, 6.07) is 8.14. The highest BCUT2D eigenvalue weighted by atomic mass is 15.1. The van der Waals surface area contributed by atoms with Crippen LogP contribution in [-0.4, -0.2) is 19.5 Å². The summed E-state index contributed by atoms with van der Waals surface area (Å²) in [5, 5.41) is 3.41. The van der Waals surface area contributed by atoms with E-state index >= 15 is 0 Å². The van der Waals surface area contributed by atoms with Crippen LogP contribution in [0.25, 0.3) is 5.69 Å². The number of para-hydroxylation sites is 2. The van der Waals surface area contributed by atoms with Crippen LogP contribution >= 0.6 is 0 Å². The second kappa shape index (κ2) is 4.97. The Bertz CT molecular complexity index is 654.